The Kier molecular flexibility index (Phi) is 15.9. The Hall–Kier alpha value is -4.71. The van der Waals surface area contributed by atoms with E-state index in [0.29, 0.717) is 0 Å². The van der Waals surface area contributed by atoms with Gasteiger partial charge in [0.05, 0.1) is 37.6 Å². The zero-order valence-electron chi connectivity index (χ0n) is 41.7. The van der Waals surface area contributed by atoms with Crippen LogP contribution >= 0.6 is 0 Å². The molecule has 0 aliphatic carbocycles. The van der Waals surface area contributed by atoms with Crippen LogP contribution < -0.4 is 4.70 Å². The highest BCUT2D eigenvalue weighted by atomic mass is 19.0. The number of aryl methyl sites for hydroxylation is 4. The Morgan fingerprint density at radius 2 is 0.769 bits per heavy atom. The van der Waals surface area contributed by atoms with Crippen molar-refractivity contribution in [3.8, 4) is 0 Å². The lowest BCUT2D eigenvalue weighted by Crippen LogP contribution is -3.00. The van der Waals surface area contributed by atoms with E-state index in [1.54, 1.807) is 0 Å². The van der Waals surface area contributed by atoms with E-state index in [4.69, 9.17) is 0 Å². The summed E-state index contributed by atoms with van der Waals surface area (Å²) >= 11 is 0. The highest BCUT2D eigenvalue weighted by Crippen LogP contribution is 2.43. The minimum Gasteiger partial charge on any atom is -1.00 e. The van der Waals surface area contributed by atoms with Gasteiger partial charge in [-0.25, -0.2) is 0 Å². The van der Waals surface area contributed by atoms with Gasteiger partial charge in [0, 0.05) is 92.7 Å². The van der Waals surface area contributed by atoms with Crippen LogP contribution in [0.4, 0.5) is 0 Å². The molecule has 6 aromatic rings. The van der Waals surface area contributed by atoms with Crippen molar-refractivity contribution >= 4 is 0 Å². The molecular weight excluding hydrogens is 810 g/mol. The van der Waals surface area contributed by atoms with Crippen molar-refractivity contribution in [3.05, 3.63) is 118 Å². The van der Waals surface area contributed by atoms with Crippen molar-refractivity contribution in [1.82, 2.24) is 49.9 Å². The van der Waals surface area contributed by atoms with Gasteiger partial charge < -0.3 is 29.1 Å². The lowest BCUT2D eigenvalue weighted by molar-refractivity contribution is -0.929. The molecule has 9 rings (SSSR count). The third kappa shape index (κ3) is 10.6. The fraction of sp³-hybridized carbons (Fsp3) is 0.623. The average Bonchev–Trinajstić information content (AvgIpc) is 4.15. The van der Waals surface area contributed by atoms with Crippen LogP contribution in [0.2, 0.25) is 0 Å². The van der Waals surface area contributed by atoms with Gasteiger partial charge in [-0.05, 0) is 148 Å². The van der Waals surface area contributed by atoms with E-state index in [2.05, 4.69) is 171 Å². The summed E-state index contributed by atoms with van der Waals surface area (Å²) in [6.45, 7) is 30.5. The van der Waals surface area contributed by atoms with Gasteiger partial charge in [-0.15, -0.1) is 10.2 Å². The molecule has 0 amide bonds. The van der Waals surface area contributed by atoms with Crippen molar-refractivity contribution in [1.29, 1.82) is 0 Å². The molecule has 0 spiro atoms. The Morgan fingerprint density at radius 3 is 1.06 bits per heavy atom. The fourth-order valence-electron chi connectivity index (χ4n) is 10.4. The lowest BCUT2D eigenvalue weighted by Gasteiger charge is -2.39. The molecule has 3 aliphatic rings. The molecule has 12 heteroatoms. The number of nitrogens with zero attached hydrogens (tertiary/aromatic N) is 7. The van der Waals surface area contributed by atoms with Gasteiger partial charge >= 0.3 is 0 Å². The van der Waals surface area contributed by atoms with Gasteiger partial charge in [-0.2, -0.15) is 0 Å². The van der Waals surface area contributed by atoms with Crippen molar-refractivity contribution in [2.75, 3.05) is 26.2 Å². The number of rotatable bonds is 12. The average molecular weight is 892 g/mol. The maximum absolute atomic E-state index is 4.58. The van der Waals surface area contributed by atoms with Gasteiger partial charge in [0.15, 0.2) is 0 Å². The Bertz CT molecular complexity index is 2090. The van der Waals surface area contributed by atoms with E-state index in [9.17, 15) is 0 Å². The smallest absolute Gasteiger partial charge is 0.0827 e. The van der Waals surface area contributed by atoms with Gasteiger partial charge in [0.25, 0.3) is 0 Å². The van der Waals surface area contributed by atoms with Crippen LogP contribution in [0.5, 0.6) is 0 Å². The first-order chi connectivity index (χ1) is 30.7. The van der Waals surface area contributed by atoms with Gasteiger partial charge in [-0.3, -0.25) is 9.36 Å². The second kappa shape index (κ2) is 20.9. The zero-order valence-corrected chi connectivity index (χ0v) is 41.7. The second-order valence-electron chi connectivity index (χ2n) is 21.0. The van der Waals surface area contributed by atoms with Crippen molar-refractivity contribution in [3.63, 3.8) is 0 Å². The Balaban J connectivity index is 0.000000333. The molecule has 14 bridgehead atoms. The van der Waals surface area contributed by atoms with E-state index in [1.165, 1.54) is 128 Å². The predicted molar refractivity (Wildman–Crippen MR) is 261 cm³/mol. The summed E-state index contributed by atoms with van der Waals surface area (Å²) in [5, 5.41) is 18.1. The van der Waals surface area contributed by atoms with E-state index in [1.807, 2.05) is 9.36 Å². The predicted octanol–water partition coefficient (Wildman–Crippen LogP) is 8.44. The Labute approximate surface area is 389 Å². The maximum atomic E-state index is 4.58. The first kappa shape index (κ1) is 49.7. The fourth-order valence-corrected chi connectivity index (χ4v) is 10.4. The lowest BCUT2D eigenvalue weighted by atomic mass is 9.78. The number of H-pyrrole nitrogens is 4. The summed E-state index contributed by atoms with van der Waals surface area (Å²) in [5.74, 6) is 0. The van der Waals surface area contributed by atoms with Gasteiger partial charge in [0.1, 0.15) is 0 Å². The quantitative estimate of drug-likeness (QED) is 0.0922. The van der Waals surface area contributed by atoms with Crippen molar-refractivity contribution in [2.45, 2.75) is 187 Å². The van der Waals surface area contributed by atoms with Crippen molar-refractivity contribution in [2.24, 2.45) is 0 Å². The van der Waals surface area contributed by atoms with Gasteiger partial charge in [-0.1, -0.05) is 63.8 Å². The topological polar surface area (TPSA) is 125 Å². The summed E-state index contributed by atoms with van der Waals surface area (Å²) in [5.41, 5.74) is 10.3. The number of unbranched alkanes of at least 4 members (excludes halogenated alkanes) is 4. The van der Waals surface area contributed by atoms with Crippen LogP contribution in [-0.4, -0.2) is 80.6 Å². The number of hydrogen-bond donors (Lipinski definition) is 4. The summed E-state index contributed by atoms with van der Waals surface area (Å²) < 4.78 is 5.35. The minimum absolute atomic E-state index is 0. The molecule has 11 nitrogen and oxygen atoms in total. The number of halogens is 1. The minimum atomic E-state index is -0.314. The summed E-state index contributed by atoms with van der Waals surface area (Å²) in [7, 11) is 0. The van der Waals surface area contributed by atoms with Gasteiger partial charge in [0.2, 0.25) is 0 Å². The van der Waals surface area contributed by atoms with Crippen LogP contribution in [0, 0.1) is 0 Å². The third-order valence-electron chi connectivity index (χ3n) is 15.5. The highest BCUT2D eigenvalue weighted by Gasteiger charge is 2.39. The van der Waals surface area contributed by atoms with E-state index in [0.717, 1.165) is 56.6 Å². The van der Waals surface area contributed by atoms with E-state index in [-0.39, 0.29) is 26.4 Å². The molecule has 0 unspecified atom stereocenters. The molecule has 0 fully saturated rings. The number of aromatic nitrogens is 10. The van der Waals surface area contributed by atoms with E-state index < -0.39 is 0 Å². The van der Waals surface area contributed by atoms with Crippen LogP contribution in [0.1, 0.15) is 197 Å². The number of fused-ring (bicyclic) bond motifs is 4. The van der Waals surface area contributed by atoms with Crippen LogP contribution in [0.15, 0.2) is 60.9 Å². The molecule has 65 heavy (non-hydrogen) atoms. The zero-order chi connectivity index (χ0) is 45.6. The molecular formula is C53H82FN11. The molecule has 4 N–H and O–H groups in total. The summed E-state index contributed by atoms with van der Waals surface area (Å²) in [4.78, 5) is 15.7. The monoisotopic (exact) mass is 892 g/mol. The number of quaternary nitrogens is 1. The normalized spacial score (nSPS) is 20.4. The summed E-state index contributed by atoms with van der Waals surface area (Å²) in [6.07, 6.45) is 19.5. The molecule has 0 radical (unpaired) electrons. The van der Waals surface area contributed by atoms with Crippen LogP contribution in [0.3, 0.4) is 0 Å². The first-order valence-corrected chi connectivity index (χ1v) is 25.1. The molecule has 0 aromatic carbocycles. The standard InChI is InChI=1S/C37H46N10.C16H36N.FH/c1-34(2)26-8-12-30(38-26)36(5)18-16-24-22-46(44-42-24)20-7-21-47-23-25(43-45-47)17-19-37(6,31-13-9-27(34)39-31)33-15-11-29(41-33)35(3,4)28-10-14-32(36)40-28;1-5-9-13-17(14-10-6-2,15-11-7-3)16-12-8-4;/h8-15,22-23,38-41H,7,16-21H2,1-6H3;5-16H2,1-4H3;1H/q;+1;/p-1. The Morgan fingerprint density at radius 1 is 0.477 bits per heavy atom. The maximum Gasteiger partial charge on any atom is 0.0827 e. The number of nitrogens with one attached hydrogen (secondary N) is 4. The molecule has 3 aliphatic heterocycles. The third-order valence-corrected chi connectivity index (χ3v) is 15.5. The molecule has 0 saturated carbocycles. The highest BCUT2D eigenvalue weighted by molar-refractivity contribution is 5.44. The largest absolute Gasteiger partial charge is 1.00 e. The number of aromatic amines is 4. The van der Waals surface area contributed by atoms with Crippen molar-refractivity contribution < 1.29 is 9.19 Å². The van der Waals surface area contributed by atoms with Crippen LogP contribution in [0.25, 0.3) is 0 Å². The second-order valence-corrected chi connectivity index (χ2v) is 21.0. The first-order valence-electron chi connectivity index (χ1n) is 25.1. The SMILES string of the molecule is CC1(C)c2ccc([nH]2)C2(C)CCc3cn(nn3)CCCn3cc(nn3)CCC(C)(c3ccc1[nH]3)c1ccc([nH]1)C(C)(C)c1ccc2[nH]1.CCCC[N+](CCCC)(CCCC)CCCC.[F-]. The number of hydrogen-bond acceptors (Lipinski definition) is 4. The van der Waals surface area contributed by atoms with E-state index >= 15 is 0 Å². The summed E-state index contributed by atoms with van der Waals surface area (Å²) in [6, 6.07) is 18.2. The van der Waals surface area contributed by atoms with Crippen LogP contribution in [-0.2, 0) is 47.6 Å². The molecule has 0 saturated heterocycles. The molecule has 6 aromatic heterocycles. The molecule has 0 atom stereocenters. The molecule has 9 heterocycles. The molecule has 356 valence electrons.